The highest BCUT2D eigenvalue weighted by atomic mass is 79.9. The summed E-state index contributed by atoms with van der Waals surface area (Å²) in [4.78, 5) is 3.82. The van der Waals surface area contributed by atoms with Crippen molar-refractivity contribution >= 4 is 33.0 Å². The summed E-state index contributed by atoms with van der Waals surface area (Å²) >= 11 is 5.31. The second-order valence-electron chi connectivity index (χ2n) is 4.66. The van der Waals surface area contributed by atoms with Crippen molar-refractivity contribution in [3.05, 3.63) is 50.1 Å². The molecule has 2 nitrogen and oxygen atoms in total. The van der Waals surface area contributed by atoms with Gasteiger partial charge in [-0.2, -0.15) is 5.26 Å². The molecule has 1 unspecified atom stereocenters. The molecule has 0 N–H and O–H groups in total. The maximum Gasteiger partial charge on any atom is 0.103 e. The predicted molar refractivity (Wildman–Crippen MR) is 82.6 cm³/mol. The molecule has 1 aromatic carbocycles. The number of hydrogen-bond acceptors (Lipinski definition) is 3. The molecular weight excluding hydrogens is 320 g/mol. The zero-order chi connectivity index (χ0) is 13.4. The average molecular weight is 333 g/mol. The summed E-state index contributed by atoms with van der Waals surface area (Å²) in [5, 5.41) is 11.5. The molecule has 3 rings (SSSR count). The molecule has 96 valence electrons. The van der Waals surface area contributed by atoms with Crippen LogP contribution in [0.3, 0.4) is 0 Å². The van der Waals surface area contributed by atoms with E-state index in [9.17, 15) is 5.26 Å². The summed E-state index contributed by atoms with van der Waals surface area (Å²) in [5.74, 6) is 0. The van der Waals surface area contributed by atoms with E-state index in [4.69, 9.17) is 0 Å². The van der Waals surface area contributed by atoms with E-state index in [0.29, 0.717) is 6.04 Å². The van der Waals surface area contributed by atoms with Crippen molar-refractivity contribution in [1.29, 1.82) is 5.26 Å². The van der Waals surface area contributed by atoms with E-state index >= 15 is 0 Å². The van der Waals surface area contributed by atoms with Crippen LogP contribution in [0, 0.1) is 11.3 Å². The lowest BCUT2D eigenvalue weighted by atomic mass is 9.99. The Morgan fingerprint density at radius 3 is 3.05 bits per heavy atom. The molecule has 0 aliphatic carbocycles. The van der Waals surface area contributed by atoms with Crippen LogP contribution in [0.2, 0.25) is 0 Å². The third-order valence-corrected chi connectivity index (χ3v) is 5.35. The largest absolute Gasteiger partial charge is 0.363 e. The van der Waals surface area contributed by atoms with Gasteiger partial charge in [-0.3, -0.25) is 0 Å². The minimum atomic E-state index is 0.330. The Morgan fingerprint density at radius 2 is 2.26 bits per heavy atom. The maximum atomic E-state index is 9.37. The number of nitriles is 1. The summed E-state index contributed by atoms with van der Waals surface area (Å²) in [7, 11) is 0. The first-order valence-corrected chi connectivity index (χ1v) is 7.91. The molecule has 2 heterocycles. The van der Waals surface area contributed by atoms with E-state index in [1.807, 2.05) is 29.5 Å². The van der Waals surface area contributed by atoms with E-state index in [1.54, 1.807) is 0 Å². The Morgan fingerprint density at radius 1 is 1.42 bits per heavy atom. The fourth-order valence-corrected chi connectivity index (χ4v) is 4.11. The number of anilines is 1. The first-order chi connectivity index (χ1) is 9.22. The zero-order valence-electron chi connectivity index (χ0n) is 10.6. The van der Waals surface area contributed by atoms with Crippen LogP contribution >= 0.6 is 27.3 Å². The molecule has 19 heavy (non-hydrogen) atoms. The molecular formula is C15H13BrN2S. The van der Waals surface area contributed by atoms with Crippen molar-refractivity contribution in [3.63, 3.8) is 0 Å². The molecule has 0 saturated heterocycles. The smallest absolute Gasteiger partial charge is 0.103 e. The summed E-state index contributed by atoms with van der Waals surface area (Å²) in [6, 6.07) is 10.8. The number of rotatable bonds is 1. The van der Waals surface area contributed by atoms with Crippen molar-refractivity contribution in [1.82, 2.24) is 0 Å². The molecule has 4 heteroatoms. The maximum absolute atomic E-state index is 9.37. The van der Waals surface area contributed by atoms with E-state index in [-0.39, 0.29) is 0 Å². The van der Waals surface area contributed by atoms with E-state index in [2.05, 4.69) is 45.3 Å². The fourth-order valence-electron chi connectivity index (χ4n) is 2.70. The van der Waals surface area contributed by atoms with Crippen LogP contribution in [0.1, 0.15) is 29.0 Å². The molecule has 2 aromatic rings. The number of benzene rings is 1. The highest BCUT2D eigenvalue weighted by Crippen LogP contribution is 2.38. The monoisotopic (exact) mass is 332 g/mol. The number of nitrogens with zero attached hydrogens (tertiary/aromatic N) is 2. The predicted octanol–water partition coefficient (Wildman–Crippen LogP) is 4.51. The first kappa shape index (κ1) is 12.7. The third-order valence-electron chi connectivity index (χ3n) is 3.69. The SMILES string of the molecule is CC1c2ccsc2CCN1c1cccc(Br)c1C#N. The van der Waals surface area contributed by atoms with Gasteiger partial charge in [-0.25, -0.2) is 0 Å². The van der Waals surface area contributed by atoms with Gasteiger partial charge >= 0.3 is 0 Å². The summed E-state index contributed by atoms with van der Waals surface area (Å²) in [5.41, 5.74) is 3.16. The number of thiophene rings is 1. The number of fused-ring (bicyclic) bond motifs is 1. The lowest BCUT2D eigenvalue weighted by molar-refractivity contribution is 0.632. The Hall–Kier alpha value is -1.31. The van der Waals surface area contributed by atoms with E-state index < -0.39 is 0 Å². The van der Waals surface area contributed by atoms with Gasteiger partial charge in [0.25, 0.3) is 0 Å². The highest BCUT2D eigenvalue weighted by molar-refractivity contribution is 9.10. The van der Waals surface area contributed by atoms with Crippen LogP contribution in [-0.2, 0) is 6.42 Å². The Labute approximate surface area is 125 Å². The van der Waals surface area contributed by atoms with Crippen molar-refractivity contribution < 1.29 is 0 Å². The molecule has 0 spiro atoms. The molecule has 0 bridgehead atoms. The summed E-state index contributed by atoms with van der Waals surface area (Å²) < 4.78 is 0.871. The molecule has 0 amide bonds. The summed E-state index contributed by atoms with van der Waals surface area (Å²) in [6.07, 6.45) is 1.06. The first-order valence-electron chi connectivity index (χ1n) is 6.24. The van der Waals surface area contributed by atoms with Gasteiger partial charge in [-0.15, -0.1) is 11.3 Å². The van der Waals surface area contributed by atoms with Gasteiger partial charge in [-0.1, -0.05) is 6.07 Å². The zero-order valence-corrected chi connectivity index (χ0v) is 13.0. The minimum absolute atomic E-state index is 0.330. The van der Waals surface area contributed by atoms with Gasteiger partial charge in [0, 0.05) is 15.9 Å². The van der Waals surface area contributed by atoms with Crippen molar-refractivity contribution in [2.45, 2.75) is 19.4 Å². The van der Waals surface area contributed by atoms with Gasteiger partial charge in [0.05, 0.1) is 17.3 Å². The quantitative estimate of drug-likeness (QED) is 0.768. The third kappa shape index (κ3) is 2.07. The van der Waals surface area contributed by atoms with Crippen molar-refractivity contribution in [2.24, 2.45) is 0 Å². The Bertz CT molecular complexity index is 656. The van der Waals surface area contributed by atoms with Crippen LogP contribution in [0.15, 0.2) is 34.1 Å². The lowest BCUT2D eigenvalue weighted by Crippen LogP contribution is -2.33. The molecule has 0 saturated carbocycles. The Balaban J connectivity index is 2.06. The van der Waals surface area contributed by atoms with E-state index in [1.165, 1.54) is 10.4 Å². The number of halogens is 1. The fraction of sp³-hybridized carbons (Fsp3) is 0.267. The molecule has 1 atom stereocenters. The van der Waals surface area contributed by atoms with Crippen LogP contribution in [0.4, 0.5) is 5.69 Å². The molecule has 1 aromatic heterocycles. The molecule has 1 aliphatic rings. The second kappa shape index (κ2) is 4.99. The van der Waals surface area contributed by atoms with Crippen molar-refractivity contribution in [3.8, 4) is 6.07 Å². The molecule has 1 aliphatic heterocycles. The minimum Gasteiger partial charge on any atom is -0.363 e. The average Bonchev–Trinajstić information content (AvgIpc) is 2.88. The van der Waals surface area contributed by atoms with Crippen LogP contribution in [0.25, 0.3) is 0 Å². The standard InChI is InChI=1S/C15H13BrN2S/c1-10-11-6-8-19-15(11)5-7-18(10)14-4-2-3-13(16)12(14)9-17/h2-4,6,8,10H,5,7H2,1H3. The van der Waals surface area contributed by atoms with Gasteiger partial charge in [-0.05, 0) is 58.4 Å². The van der Waals surface area contributed by atoms with Crippen LogP contribution in [-0.4, -0.2) is 6.54 Å². The normalized spacial score (nSPS) is 17.9. The topological polar surface area (TPSA) is 27.0 Å². The van der Waals surface area contributed by atoms with Crippen molar-refractivity contribution in [2.75, 3.05) is 11.4 Å². The van der Waals surface area contributed by atoms with Gasteiger partial charge < -0.3 is 4.90 Å². The number of hydrogen-bond donors (Lipinski definition) is 0. The lowest BCUT2D eigenvalue weighted by Gasteiger charge is -2.36. The van der Waals surface area contributed by atoms with Crippen LogP contribution in [0.5, 0.6) is 0 Å². The van der Waals surface area contributed by atoms with E-state index in [0.717, 1.165) is 28.7 Å². The molecule has 0 radical (unpaired) electrons. The van der Waals surface area contributed by atoms with Gasteiger partial charge in [0.2, 0.25) is 0 Å². The highest BCUT2D eigenvalue weighted by Gasteiger charge is 2.26. The Kier molecular flexibility index (Phi) is 3.34. The second-order valence-corrected chi connectivity index (χ2v) is 6.52. The molecule has 0 fully saturated rings. The van der Waals surface area contributed by atoms with Gasteiger partial charge in [0.15, 0.2) is 0 Å². The van der Waals surface area contributed by atoms with Gasteiger partial charge in [0.1, 0.15) is 6.07 Å². The summed E-state index contributed by atoms with van der Waals surface area (Å²) in [6.45, 7) is 3.19. The van der Waals surface area contributed by atoms with Crippen LogP contribution < -0.4 is 4.90 Å².